The quantitative estimate of drug-likeness (QED) is 0.292. The summed E-state index contributed by atoms with van der Waals surface area (Å²) in [6.07, 6.45) is 2.45. The molecule has 3 heterocycles. The van der Waals surface area contributed by atoms with Gasteiger partial charge in [0.1, 0.15) is 11.2 Å². The van der Waals surface area contributed by atoms with Gasteiger partial charge in [-0.3, -0.25) is 4.79 Å². The van der Waals surface area contributed by atoms with E-state index in [0.717, 1.165) is 48.8 Å². The number of aromatic nitrogens is 4. The number of carbonyl (C=O) groups is 1. The highest BCUT2D eigenvalue weighted by Gasteiger charge is 2.34. The fourth-order valence-electron chi connectivity index (χ4n) is 4.48. The van der Waals surface area contributed by atoms with Crippen LogP contribution in [0.3, 0.4) is 0 Å². The van der Waals surface area contributed by atoms with Gasteiger partial charge in [0.15, 0.2) is 5.82 Å². The number of nitrogens with zero attached hydrogens (tertiary/aromatic N) is 4. The third kappa shape index (κ3) is 5.78. The number of alkyl halides is 3. The Labute approximate surface area is 209 Å². The van der Waals surface area contributed by atoms with Gasteiger partial charge in [0.25, 0.3) is 6.47 Å². The van der Waals surface area contributed by atoms with E-state index in [4.69, 9.17) is 21.5 Å². The average Bonchev–Trinajstić information content (AvgIpc) is 3.21. The van der Waals surface area contributed by atoms with Gasteiger partial charge in [0.05, 0.1) is 11.2 Å². The molecule has 1 aliphatic rings. The Kier molecular flexibility index (Phi) is 7.48. The number of benzene rings is 1. The van der Waals surface area contributed by atoms with Crippen LogP contribution in [0.15, 0.2) is 42.7 Å². The molecule has 12 heteroatoms. The number of carboxylic acid groups (broad SMARTS) is 1. The third-order valence-electron chi connectivity index (χ3n) is 5.95. The number of rotatable bonds is 4. The molecule has 1 saturated carbocycles. The summed E-state index contributed by atoms with van der Waals surface area (Å²) in [5, 5.41) is 19.2. The second-order valence-corrected chi connectivity index (χ2v) is 9.00. The van der Waals surface area contributed by atoms with E-state index in [-0.39, 0.29) is 24.1 Å². The molecule has 8 nitrogen and oxygen atoms in total. The van der Waals surface area contributed by atoms with Gasteiger partial charge in [-0.15, -0.1) is 0 Å². The van der Waals surface area contributed by atoms with Gasteiger partial charge < -0.3 is 15.7 Å². The molecular weight excluding hydrogens is 497 g/mol. The SMILES string of the molecule is Cc1cc2c(N[C@@H]3CCC[C@H](Nc4cc(C(F)(F)F)nc5ccc(Cl)cc45)C3)nccn2n1.O=CO. The van der Waals surface area contributed by atoms with Crippen molar-refractivity contribution in [2.45, 2.75) is 50.9 Å². The molecule has 190 valence electrons. The van der Waals surface area contributed by atoms with Crippen LogP contribution in [0.1, 0.15) is 37.1 Å². The van der Waals surface area contributed by atoms with Crippen LogP contribution in [-0.4, -0.2) is 43.2 Å². The first kappa shape index (κ1) is 25.5. The molecule has 0 spiro atoms. The van der Waals surface area contributed by atoms with Crippen molar-refractivity contribution >= 4 is 46.0 Å². The normalized spacial score (nSPS) is 17.9. The largest absolute Gasteiger partial charge is 0.483 e. The number of hydrogen-bond acceptors (Lipinski definition) is 6. The number of halogens is 4. The monoisotopic (exact) mass is 520 g/mol. The molecular formula is C24H24ClF3N6O2. The summed E-state index contributed by atoms with van der Waals surface area (Å²) >= 11 is 6.12. The zero-order valence-electron chi connectivity index (χ0n) is 19.3. The van der Waals surface area contributed by atoms with Crippen LogP contribution in [0.5, 0.6) is 0 Å². The summed E-state index contributed by atoms with van der Waals surface area (Å²) in [5.41, 5.74) is 1.53. The molecule has 36 heavy (non-hydrogen) atoms. The maximum Gasteiger partial charge on any atom is 0.433 e. The second kappa shape index (κ2) is 10.6. The van der Waals surface area contributed by atoms with E-state index in [2.05, 4.69) is 25.7 Å². The van der Waals surface area contributed by atoms with Gasteiger partial charge in [0.2, 0.25) is 0 Å². The van der Waals surface area contributed by atoms with Crippen molar-refractivity contribution in [1.82, 2.24) is 19.6 Å². The fraction of sp³-hybridized carbons (Fsp3) is 0.333. The van der Waals surface area contributed by atoms with E-state index in [0.29, 0.717) is 16.1 Å². The van der Waals surface area contributed by atoms with Crippen molar-refractivity contribution in [2.24, 2.45) is 0 Å². The zero-order valence-corrected chi connectivity index (χ0v) is 20.0. The van der Waals surface area contributed by atoms with E-state index in [1.807, 2.05) is 13.0 Å². The smallest absolute Gasteiger partial charge is 0.433 e. The Morgan fingerprint density at radius 2 is 1.89 bits per heavy atom. The number of nitrogens with one attached hydrogen (secondary N) is 2. The lowest BCUT2D eigenvalue weighted by Gasteiger charge is -2.31. The van der Waals surface area contributed by atoms with E-state index < -0.39 is 11.9 Å². The lowest BCUT2D eigenvalue weighted by Crippen LogP contribution is -2.34. The molecule has 0 bridgehead atoms. The van der Waals surface area contributed by atoms with Gasteiger partial charge in [-0.25, -0.2) is 14.5 Å². The molecule has 0 amide bonds. The van der Waals surface area contributed by atoms with Gasteiger partial charge >= 0.3 is 6.18 Å². The predicted octanol–water partition coefficient (Wildman–Crippen LogP) is 5.79. The second-order valence-electron chi connectivity index (χ2n) is 8.56. The van der Waals surface area contributed by atoms with E-state index in [1.54, 1.807) is 29.0 Å². The summed E-state index contributed by atoms with van der Waals surface area (Å²) < 4.78 is 42.1. The van der Waals surface area contributed by atoms with Gasteiger partial charge in [-0.2, -0.15) is 18.3 Å². The molecule has 3 aromatic heterocycles. The number of hydrogen-bond donors (Lipinski definition) is 3. The lowest BCUT2D eigenvalue weighted by molar-refractivity contribution is -0.140. The summed E-state index contributed by atoms with van der Waals surface area (Å²) in [6.45, 7) is 1.68. The molecule has 0 unspecified atom stereocenters. The topological polar surface area (TPSA) is 104 Å². The van der Waals surface area contributed by atoms with Crippen LogP contribution in [0.4, 0.5) is 24.7 Å². The molecule has 1 fully saturated rings. The third-order valence-corrected chi connectivity index (χ3v) is 6.18. The van der Waals surface area contributed by atoms with Crippen LogP contribution in [0.2, 0.25) is 5.02 Å². The van der Waals surface area contributed by atoms with Crippen molar-refractivity contribution in [3.05, 3.63) is 59.1 Å². The summed E-state index contributed by atoms with van der Waals surface area (Å²) in [4.78, 5) is 16.6. The highest BCUT2D eigenvalue weighted by molar-refractivity contribution is 6.31. The maximum atomic E-state index is 13.4. The predicted molar refractivity (Wildman–Crippen MR) is 131 cm³/mol. The number of pyridine rings is 1. The van der Waals surface area contributed by atoms with Crippen LogP contribution in [-0.2, 0) is 11.0 Å². The van der Waals surface area contributed by atoms with Crippen molar-refractivity contribution < 1.29 is 23.1 Å². The molecule has 1 aromatic carbocycles. The maximum absolute atomic E-state index is 13.4. The molecule has 4 aromatic rings. The highest BCUT2D eigenvalue weighted by Crippen LogP contribution is 2.35. The number of aryl methyl sites for hydroxylation is 1. The Bertz CT molecular complexity index is 1380. The van der Waals surface area contributed by atoms with E-state index in [9.17, 15) is 13.2 Å². The van der Waals surface area contributed by atoms with Crippen molar-refractivity contribution in [1.29, 1.82) is 0 Å². The first-order valence-corrected chi connectivity index (χ1v) is 11.6. The molecule has 1 aliphatic carbocycles. The fourth-order valence-corrected chi connectivity index (χ4v) is 4.66. The molecule has 0 radical (unpaired) electrons. The Balaban J connectivity index is 0.000000967. The minimum Gasteiger partial charge on any atom is -0.483 e. The Hall–Kier alpha value is -3.60. The summed E-state index contributed by atoms with van der Waals surface area (Å²) in [5.74, 6) is 0.754. The molecule has 5 rings (SSSR count). The minimum atomic E-state index is -4.53. The Morgan fingerprint density at radius 3 is 2.61 bits per heavy atom. The van der Waals surface area contributed by atoms with Crippen LogP contribution < -0.4 is 10.6 Å². The molecule has 0 saturated heterocycles. The standard InChI is InChI=1S/C23H22ClF3N6.CH2O2/c1-13-9-20-22(28-7-8-33(20)32-13)30-16-4-2-3-15(11-16)29-19-12-21(23(25,26)27)31-18-6-5-14(24)10-17(18)19;2-1-3/h5-10,12,15-16H,2-4,11H2,1H3,(H,28,30)(H,29,31);1H,(H,2,3)/t15-,16+;/m0./s1. The van der Waals surface area contributed by atoms with Crippen molar-refractivity contribution in [3.63, 3.8) is 0 Å². The van der Waals surface area contributed by atoms with Crippen LogP contribution in [0, 0.1) is 6.92 Å². The lowest BCUT2D eigenvalue weighted by atomic mass is 9.90. The molecule has 3 N–H and O–H groups in total. The number of fused-ring (bicyclic) bond motifs is 2. The van der Waals surface area contributed by atoms with Crippen LogP contribution >= 0.6 is 11.6 Å². The number of anilines is 2. The molecule has 0 aliphatic heterocycles. The van der Waals surface area contributed by atoms with Crippen LogP contribution in [0.25, 0.3) is 16.4 Å². The van der Waals surface area contributed by atoms with Crippen molar-refractivity contribution in [3.8, 4) is 0 Å². The minimum absolute atomic E-state index is 0.00621. The summed E-state index contributed by atoms with van der Waals surface area (Å²) in [6, 6.07) is 7.89. The van der Waals surface area contributed by atoms with Gasteiger partial charge in [-0.05, 0) is 62.9 Å². The zero-order chi connectivity index (χ0) is 25.9. The van der Waals surface area contributed by atoms with E-state index >= 15 is 0 Å². The van der Waals surface area contributed by atoms with E-state index in [1.165, 1.54) is 6.07 Å². The summed E-state index contributed by atoms with van der Waals surface area (Å²) in [7, 11) is 0. The van der Waals surface area contributed by atoms with Gasteiger partial charge in [0, 0.05) is 40.6 Å². The first-order valence-electron chi connectivity index (χ1n) is 11.3. The highest BCUT2D eigenvalue weighted by atomic mass is 35.5. The first-order chi connectivity index (χ1) is 17.2. The Morgan fingerprint density at radius 1 is 1.17 bits per heavy atom. The average molecular weight is 521 g/mol. The molecule has 2 atom stereocenters. The van der Waals surface area contributed by atoms with Gasteiger partial charge in [-0.1, -0.05) is 11.6 Å². The van der Waals surface area contributed by atoms with Crippen molar-refractivity contribution in [2.75, 3.05) is 10.6 Å².